The SMILES string of the molecule is CCC(=O)c1c(-c2ccccc2)c2cc(Br)ccc2c(=O)n1Cc1csc(-c2ccc(Cl)cc2)n1. The van der Waals surface area contributed by atoms with Crippen molar-refractivity contribution in [2.24, 2.45) is 0 Å². The summed E-state index contributed by atoms with van der Waals surface area (Å²) in [7, 11) is 0. The highest BCUT2D eigenvalue weighted by Crippen LogP contribution is 2.34. The second-order valence-corrected chi connectivity index (χ2v) is 10.3. The summed E-state index contributed by atoms with van der Waals surface area (Å²) in [4.78, 5) is 31.9. The molecule has 174 valence electrons. The fourth-order valence-corrected chi connectivity index (χ4v) is 5.50. The van der Waals surface area contributed by atoms with Crippen LogP contribution in [0.5, 0.6) is 0 Å². The maximum atomic E-state index is 13.7. The highest BCUT2D eigenvalue weighted by molar-refractivity contribution is 9.10. The van der Waals surface area contributed by atoms with Crippen LogP contribution in [-0.4, -0.2) is 15.3 Å². The summed E-state index contributed by atoms with van der Waals surface area (Å²) in [5.41, 5.74) is 3.54. The van der Waals surface area contributed by atoms with Gasteiger partial charge in [-0.3, -0.25) is 14.2 Å². The molecular weight excluding hydrogens is 544 g/mol. The number of benzene rings is 3. The number of ketones is 1. The average Bonchev–Trinajstić information content (AvgIpc) is 3.34. The van der Waals surface area contributed by atoms with Crippen LogP contribution in [0.2, 0.25) is 5.02 Å². The molecule has 0 N–H and O–H groups in total. The standard InChI is InChI=1S/C28H20BrClN2O2S/c1-2-24(33)26-25(17-6-4-3-5-7-17)23-14-19(29)10-13-22(23)28(34)32(26)15-21-16-35-27(31-21)18-8-11-20(30)12-9-18/h3-14,16H,2,15H2,1H3. The molecule has 7 heteroatoms. The molecule has 0 radical (unpaired) electrons. The van der Waals surface area contributed by atoms with Crippen molar-refractivity contribution < 1.29 is 4.79 Å². The molecule has 0 bridgehead atoms. The van der Waals surface area contributed by atoms with Crippen molar-refractivity contribution in [1.29, 1.82) is 0 Å². The number of halogens is 2. The summed E-state index contributed by atoms with van der Waals surface area (Å²) in [6.45, 7) is 2.02. The van der Waals surface area contributed by atoms with E-state index >= 15 is 0 Å². The highest BCUT2D eigenvalue weighted by Gasteiger charge is 2.23. The summed E-state index contributed by atoms with van der Waals surface area (Å²) < 4.78 is 2.44. The molecule has 0 fully saturated rings. The molecule has 0 aliphatic heterocycles. The van der Waals surface area contributed by atoms with E-state index in [9.17, 15) is 9.59 Å². The lowest BCUT2D eigenvalue weighted by Crippen LogP contribution is -2.28. The molecular formula is C28H20BrClN2O2S. The third-order valence-electron chi connectivity index (χ3n) is 5.84. The first-order valence-corrected chi connectivity index (χ1v) is 13.2. The summed E-state index contributed by atoms with van der Waals surface area (Å²) in [5, 5.41) is 4.75. The number of hydrogen-bond donors (Lipinski definition) is 0. The van der Waals surface area contributed by atoms with Gasteiger partial charge in [-0.15, -0.1) is 11.3 Å². The van der Waals surface area contributed by atoms with Crippen LogP contribution in [-0.2, 0) is 6.54 Å². The number of pyridine rings is 1. The molecule has 0 unspecified atom stereocenters. The van der Waals surface area contributed by atoms with E-state index in [1.54, 1.807) is 4.57 Å². The van der Waals surface area contributed by atoms with Gasteiger partial charge in [-0.1, -0.05) is 76.9 Å². The molecule has 5 aromatic rings. The Bertz CT molecular complexity index is 1610. The van der Waals surface area contributed by atoms with Crippen molar-refractivity contribution in [3.63, 3.8) is 0 Å². The predicted octanol–water partition coefficient (Wildman–Crippen LogP) is 7.85. The van der Waals surface area contributed by atoms with Gasteiger partial charge in [0, 0.05) is 37.8 Å². The number of hydrogen-bond acceptors (Lipinski definition) is 4. The van der Waals surface area contributed by atoms with E-state index in [0.717, 1.165) is 37.3 Å². The summed E-state index contributed by atoms with van der Waals surface area (Å²) >= 11 is 11.1. The minimum atomic E-state index is -0.204. The van der Waals surface area contributed by atoms with E-state index in [2.05, 4.69) is 15.9 Å². The fraction of sp³-hybridized carbons (Fsp3) is 0.107. The Hall–Kier alpha value is -3.06. The van der Waals surface area contributed by atoms with Crippen LogP contribution in [0.15, 0.2) is 87.4 Å². The van der Waals surface area contributed by atoms with Crippen LogP contribution < -0.4 is 5.56 Å². The number of rotatable bonds is 6. The van der Waals surface area contributed by atoms with Gasteiger partial charge in [0.05, 0.1) is 17.9 Å². The Kier molecular flexibility index (Phi) is 6.69. The van der Waals surface area contributed by atoms with Gasteiger partial charge in [0.25, 0.3) is 5.56 Å². The van der Waals surface area contributed by atoms with Gasteiger partial charge in [0.15, 0.2) is 5.78 Å². The average molecular weight is 564 g/mol. The highest BCUT2D eigenvalue weighted by atomic mass is 79.9. The van der Waals surface area contributed by atoms with Crippen LogP contribution in [0.25, 0.3) is 32.5 Å². The quantitative estimate of drug-likeness (QED) is 0.198. The molecule has 35 heavy (non-hydrogen) atoms. The molecule has 0 saturated heterocycles. The second kappa shape index (κ2) is 9.90. The Morgan fingerprint density at radius 3 is 2.46 bits per heavy atom. The monoisotopic (exact) mass is 562 g/mol. The molecule has 0 spiro atoms. The van der Waals surface area contributed by atoms with Gasteiger partial charge in [-0.25, -0.2) is 4.98 Å². The van der Waals surface area contributed by atoms with E-state index in [-0.39, 0.29) is 24.3 Å². The van der Waals surface area contributed by atoms with Gasteiger partial charge < -0.3 is 0 Å². The third kappa shape index (κ3) is 4.61. The number of fused-ring (bicyclic) bond motifs is 1. The zero-order valence-corrected chi connectivity index (χ0v) is 22.0. The molecule has 0 aliphatic rings. The predicted molar refractivity (Wildman–Crippen MR) is 148 cm³/mol. The Labute approximate surface area is 220 Å². The first-order chi connectivity index (χ1) is 17.0. The van der Waals surface area contributed by atoms with Crippen molar-refractivity contribution in [3.05, 3.63) is 109 Å². The van der Waals surface area contributed by atoms with Crippen LogP contribution in [0.3, 0.4) is 0 Å². The molecule has 0 amide bonds. The van der Waals surface area contributed by atoms with Crippen LogP contribution in [0.4, 0.5) is 0 Å². The number of Topliss-reactive ketones (excluding diaryl/α,β-unsaturated/α-hetero) is 1. The molecule has 2 aromatic heterocycles. The maximum Gasteiger partial charge on any atom is 0.259 e. The smallest absolute Gasteiger partial charge is 0.259 e. The second-order valence-electron chi connectivity index (χ2n) is 8.10. The van der Waals surface area contributed by atoms with Gasteiger partial charge in [0.1, 0.15) is 5.01 Å². The van der Waals surface area contributed by atoms with Crippen LogP contribution in [0.1, 0.15) is 29.5 Å². The Morgan fingerprint density at radius 2 is 1.74 bits per heavy atom. The van der Waals surface area contributed by atoms with Gasteiger partial charge in [0.2, 0.25) is 0 Å². The molecule has 4 nitrogen and oxygen atoms in total. The number of aromatic nitrogens is 2. The first-order valence-electron chi connectivity index (χ1n) is 11.1. The van der Waals surface area contributed by atoms with E-state index in [1.165, 1.54) is 11.3 Å². The number of carbonyl (C=O) groups is 1. The van der Waals surface area contributed by atoms with Crippen molar-refractivity contribution in [2.75, 3.05) is 0 Å². The van der Waals surface area contributed by atoms with Gasteiger partial charge in [-0.05, 0) is 41.3 Å². The lowest BCUT2D eigenvalue weighted by atomic mass is 9.94. The third-order valence-corrected chi connectivity index (χ3v) is 7.53. The zero-order valence-electron chi connectivity index (χ0n) is 18.8. The van der Waals surface area contributed by atoms with Crippen molar-refractivity contribution >= 4 is 55.4 Å². The fourth-order valence-electron chi connectivity index (χ4n) is 4.19. The van der Waals surface area contributed by atoms with E-state index < -0.39 is 0 Å². The number of nitrogens with zero attached hydrogens (tertiary/aromatic N) is 2. The van der Waals surface area contributed by atoms with E-state index in [1.807, 2.05) is 85.1 Å². The van der Waals surface area contributed by atoms with E-state index in [4.69, 9.17) is 16.6 Å². The maximum absolute atomic E-state index is 13.7. The van der Waals surface area contributed by atoms with Gasteiger partial charge >= 0.3 is 0 Å². The molecule has 0 atom stereocenters. The molecule has 0 aliphatic carbocycles. The molecule has 2 heterocycles. The number of carbonyl (C=O) groups excluding carboxylic acids is 1. The zero-order chi connectivity index (χ0) is 24.5. The molecule has 5 rings (SSSR count). The lowest BCUT2D eigenvalue weighted by molar-refractivity contribution is 0.0979. The topological polar surface area (TPSA) is 52.0 Å². The summed E-state index contributed by atoms with van der Waals surface area (Å²) in [6.07, 6.45) is 0.284. The van der Waals surface area contributed by atoms with Gasteiger partial charge in [-0.2, -0.15) is 0 Å². The molecule has 0 saturated carbocycles. The van der Waals surface area contributed by atoms with Crippen molar-refractivity contribution in [2.45, 2.75) is 19.9 Å². The minimum Gasteiger partial charge on any atom is -0.298 e. The lowest BCUT2D eigenvalue weighted by Gasteiger charge is -2.19. The van der Waals surface area contributed by atoms with Crippen LogP contribution >= 0.6 is 38.9 Å². The Balaban J connectivity index is 1.73. The summed E-state index contributed by atoms with van der Waals surface area (Å²) in [6, 6.07) is 22.8. The Morgan fingerprint density at radius 1 is 1.00 bits per heavy atom. The van der Waals surface area contributed by atoms with Crippen molar-refractivity contribution in [1.82, 2.24) is 9.55 Å². The number of thiazole rings is 1. The largest absolute Gasteiger partial charge is 0.298 e. The van der Waals surface area contributed by atoms with Crippen molar-refractivity contribution in [3.8, 4) is 21.7 Å². The minimum absolute atomic E-state index is 0.0871. The summed E-state index contributed by atoms with van der Waals surface area (Å²) in [5.74, 6) is -0.0871. The molecule has 3 aromatic carbocycles. The first kappa shape index (κ1) is 23.7. The normalized spacial score (nSPS) is 11.2. The van der Waals surface area contributed by atoms with Crippen LogP contribution in [0, 0.1) is 0 Å². The van der Waals surface area contributed by atoms with E-state index in [0.29, 0.717) is 16.1 Å².